The molecule has 2 aromatic rings. The summed E-state index contributed by atoms with van der Waals surface area (Å²) in [5.41, 5.74) is 1.45. The van der Waals surface area contributed by atoms with Gasteiger partial charge in [0, 0.05) is 11.1 Å². The minimum absolute atomic E-state index is 0.136. The first-order chi connectivity index (χ1) is 13.4. The number of ketones is 2. The Labute approximate surface area is 163 Å². The molecule has 0 aliphatic rings. The SMILES string of the molecule is COc1cc(C(C)=O)cc(OC)c1N=Nc1c(OC)cc(C(C)=O)cc1OC. The standard InChI is InChI=1S/C20H22N2O6/c1-11(23)13-7-15(25-3)19(16(8-13)26-4)21-22-20-17(27-5)9-14(12(2)24)10-18(20)28-6/h7-10H,1-6H3. The van der Waals surface area contributed by atoms with E-state index < -0.39 is 0 Å². The van der Waals surface area contributed by atoms with E-state index in [1.807, 2.05) is 0 Å². The van der Waals surface area contributed by atoms with Gasteiger partial charge in [-0.2, -0.15) is 0 Å². The maximum Gasteiger partial charge on any atom is 0.169 e. The number of ether oxygens (including phenoxy) is 4. The van der Waals surface area contributed by atoms with E-state index in [0.29, 0.717) is 45.5 Å². The molecule has 0 N–H and O–H groups in total. The molecule has 8 heteroatoms. The molecular formula is C20H22N2O6. The van der Waals surface area contributed by atoms with Crippen molar-refractivity contribution in [2.45, 2.75) is 13.8 Å². The van der Waals surface area contributed by atoms with Crippen LogP contribution in [0.4, 0.5) is 11.4 Å². The molecule has 148 valence electrons. The van der Waals surface area contributed by atoms with Crippen LogP contribution in [0.15, 0.2) is 34.5 Å². The monoisotopic (exact) mass is 386 g/mol. The van der Waals surface area contributed by atoms with Crippen molar-refractivity contribution in [3.05, 3.63) is 35.4 Å². The number of nitrogens with zero attached hydrogens (tertiary/aromatic N) is 2. The molecule has 8 nitrogen and oxygen atoms in total. The van der Waals surface area contributed by atoms with Gasteiger partial charge in [-0.25, -0.2) is 0 Å². The van der Waals surface area contributed by atoms with Crippen molar-refractivity contribution in [3.8, 4) is 23.0 Å². The average Bonchev–Trinajstić information content (AvgIpc) is 2.70. The van der Waals surface area contributed by atoms with E-state index in [-0.39, 0.29) is 11.6 Å². The van der Waals surface area contributed by atoms with Gasteiger partial charge in [0.25, 0.3) is 0 Å². The second-order valence-electron chi connectivity index (χ2n) is 5.77. The topological polar surface area (TPSA) is 95.8 Å². The fraction of sp³-hybridized carbons (Fsp3) is 0.300. The number of benzene rings is 2. The van der Waals surface area contributed by atoms with Crippen molar-refractivity contribution >= 4 is 22.9 Å². The number of hydrogen-bond donors (Lipinski definition) is 0. The van der Waals surface area contributed by atoms with Crippen molar-refractivity contribution in [3.63, 3.8) is 0 Å². The summed E-state index contributed by atoms with van der Waals surface area (Å²) < 4.78 is 21.4. The maximum atomic E-state index is 11.7. The lowest BCUT2D eigenvalue weighted by molar-refractivity contribution is 0.100. The van der Waals surface area contributed by atoms with Gasteiger partial charge in [-0.05, 0) is 38.1 Å². The zero-order valence-electron chi connectivity index (χ0n) is 16.7. The average molecular weight is 386 g/mol. The lowest BCUT2D eigenvalue weighted by Crippen LogP contribution is -1.97. The number of Topliss-reactive ketones (excluding diaryl/α,β-unsaturated/α-hetero) is 2. The summed E-state index contributed by atoms with van der Waals surface area (Å²) in [5.74, 6) is 1.03. The highest BCUT2D eigenvalue weighted by Crippen LogP contribution is 2.43. The number of rotatable bonds is 8. The molecule has 0 unspecified atom stereocenters. The van der Waals surface area contributed by atoms with Crippen LogP contribution in [0.2, 0.25) is 0 Å². The fourth-order valence-corrected chi connectivity index (χ4v) is 2.49. The summed E-state index contributed by atoms with van der Waals surface area (Å²) >= 11 is 0. The molecule has 0 radical (unpaired) electrons. The molecule has 0 bridgehead atoms. The number of hydrogen-bond acceptors (Lipinski definition) is 8. The predicted molar refractivity (Wildman–Crippen MR) is 103 cm³/mol. The van der Waals surface area contributed by atoms with Gasteiger partial charge < -0.3 is 18.9 Å². The molecule has 0 heterocycles. The predicted octanol–water partition coefficient (Wildman–Crippen LogP) is 4.54. The van der Waals surface area contributed by atoms with Crippen molar-refractivity contribution in [1.29, 1.82) is 0 Å². The van der Waals surface area contributed by atoms with Gasteiger partial charge in [0.05, 0.1) is 28.4 Å². The Hall–Kier alpha value is -3.42. The Bertz CT molecular complexity index is 811. The van der Waals surface area contributed by atoms with Gasteiger partial charge in [-0.1, -0.05) is 0 Å². The largest absolute Gasteiger partial charge is 0.494 e. The molecule has 0 spiro atoms. The van der Waals surface area contributed by atoms with E-state index in [4.69, 9.17) is 18.9 Å². The first kappa shape index (κ1) is 20.9. The molecule has 0 fully saturated rings. The molecule has 2 rings (SSSR count). The highest BCUT2D eigenvalue weighted by atomic mass is 16.5. The summed E-state index contributed by atoms with van der Waals surface area (Å²) in [5, 5.41) is 8.46. The minimum atomic E-state index is -0.136. The van der Waals surface area contributed by atoms with Crippen molar-refractivity contribution in [1.82, 2.24) is 0 Å². The molecule has 0 saturated carbocycles. The third-order valence-electron chi connectivity index (χ3n) is 4.02. The Morgan fingerprint density at radius 1 is 0.607 bits per heavy atom. The van der Waals surface area contributed by atoms with Crippen LogP contribution in [-0.4, -0.2) is 40.0 Å². The van der Waals surface area contributed by atoms with Crippen LogP contribution in [0.3, 0.4) is 0 Å². The molecule has 0 saturated heterocycles. The van der Waals surface area contributed by atoms with Crippen LogP contribution in [0.1, 0.15) is 34.6 Å². The molecule has 28 heavy (non-hydrogen) atoms. The zero-order chi connectivity index (χ0) is 20.8. The molecule has 0 aromatic heterocycles. The lowest BCUT2D eigenvalue weighted by Gasteiger charge is -2.12. The van der Waals surface area contributed by atoms with Crippen LogP contribution in [0.25, 0.3) is 0 Å². The third-order valence-corrected chi connectivity index (χ3v) is 4.02. The van der Waals surface area contributed by atoms with Gasteiger partial charge >= 0.3 is 0 Å². The highest BCUT2D eigenvalue weighted by Gasteiger charge is 2.17. The molecule has 0 amide bonds. The van der Waals surface area contributed by atoms with Crippen molar-refractivity contribution < 1.29 is 28.5 Å². The van der Waals surface area contributed by atoms with Gasteiger partial charge in [0.15, 0.2) is 45.9 Å². The Balaban J connectivity index is 2.62. The van der Waals surface area contributed by atoms with Crippen molar-refractivity contribution in [2.24, 2.45) is 10.2 Å². The third kappa shape index (κ3) is 4.28. The number of carbonyl (C=O) groups excluding carboxylic acids is 2. The maximum absolute atomic E-state index is 11.7. The van der Waals surface area contributed by atoms with Crippen molar-refractivity contribution in [2.75, 3.05) is 28.4 Å². The molecular weight excluding hydrogens is 364 g/mol. The number of methoxy groups -OCH3 is 4. The molecule has 2 aromatic carbocycles. The summed E-state index contributed by atoms with van der Waals surface area (Å²) in [6, 6.07) is 6.25. The Kier molecular flexibility index (Phi) is 6.70. The van der Waals surface area contributed by atoms with Gasteiger partial charge in [0.1, 0.15) is 0 Å². The summed E-state index contributed by atoms with van der Waals surface area (Å²) in [4.78, 5) is 23.4. The number of carbonyl (C=O) groups is 2. The molecule has 0 aliphatic heterocycles. The summed E-state index contributed by atoms with van der Waals surface area (Å²) in [6.45, 7) is 2.89. The highest BCUT2D eigenvalue weighted by molar-refractivity contribution is 5.96. The van der Waals surface area contributed by atoms with E-state index in [2.05, 4.69) is 10.2 Å². The lowest BCUT2D eigenvalue weighted by atomic mass is 10.1. The van der Waals surface area contributed by atoms with Crippen LogP contribution < -0.4 is 18.9 Å². The second-order valence-corrected chi connectivity index (χ2v) is 5.77. The molecule has 0 aliphatic carbocycles. The summed E-state index contributed by atoms with van der Waals surface area (Å²) in [6.07, 6.45) is 0. The zero-order valence-corrected chi connectivity index (χ0v) is 16.7. The van der Waals surface area contributed by atoms with Gasteiger partial charge in [-0.15, -0.1) is 10.2 Å². The minimum Gasteiger partial charge on any atom is -0.494 e. The normalized spacial score (nSPS) is 10.6. The Morgan fingerprint density at radius 2 is 0.857 bits per heavy atom. The van der Waals surface area contributed by atoms with Gasteiger partial charge in [-0.3, -0.25) is 9.59 Å². The Morgan fingerprint density at radius 3 is 1.04 bits per heavy atom. The van der Waals surface area contributed by atoms with E-state index in [1.165, 1.54) is 42.3 Å². The summed E-state index contributed by atoms with van der Waals surface area (Å²) in [7, 11) is 5.84. The first-order valence-corrected chi connectivity index (χ1v) is 8.31. The van der Waals surface area contributed by atoms with E-state index in [1.54, 1.807) is 24.3 Å². The number of azo groups is 1. The quantitative estimate of drug-likeness (QED) is 0.488. The van der Waals surface area contributed by atoms with E-state index in [0.717, 1.165) is 0 Å². The smallest absolute Gasteiger partial charge is 0.169 e. The van der Waals surface area contributed by atoms with E-state index >= 15 is 0 Å². The van der Waals surface area contributed by atoms with Gasteiger partial charge in [0.2, 0.25) is 0 Å². The van der Waals surface area contributed by atoms with Crippen LogP contribution in [0, 0.1) is 0 Å². The fourth-order valence-electron chi connectivity index (χ4n) is 2.49. The van der Waals surface area contributed by atoms with E-state index in [9.17, 15) is 9.59 Å². The molecule has 0 atom stereocenters. The van der Waals surface area contributed by atoms with Crippen LogP contribution in [-0.2, 0) is 0 Å². The first-order valence-electron chi connectivity index (χ1n) is 8.31. The van der Waals surface area contributed by atoms with Crippen LogP contribution in [0.5, 0.6) is 23.0 Å². The van der Waals surface area contributed by atoms with Crippen LogP contribution >= 0.6 is 0 Å². The second kappa shape index (κ2) is 8.98.